The zero-order chi connectivity index (χ0) is 23.6. The van der Waals surface area contributed by atoms with Crippen LogP contribution in [0.4, 0.5) is 4.39 Å². The molecular weight excluding hydrogens is 437 g/mol. The first-order chi connectivity index (χ1) is 17.2. The lowest BCUT2D eigenvalue weighted by molar-refractivity contribution is 0.373. The minimum atomic E-state index is -0.232. The van der Waals surface area contributed by atoms with E-state index in [4.69, 9.17) is 4.98 Å². The van der Waals surface area contributed by atoms with E-state index in [1.54, 1.807) is 12.1 Å². The Hall–Kier alpha value is -3.77. The van der Waals surface area contributed by atoms with Gasteiger partial charge in [-0.05, 0) is 73.2 Å². The second-order valence-electron chi connectivity index (χ2n) is 9.48. The first-order valence-corrected chi connectivity index (χ1v) is 12.3. The summed E-state index contributed by atoms with van der Waals surface area (Å²) in [7, 11) is 0. The van der Waals surface area contributed by atoms with E-state index in [9.17, 15) is 4.39 Å². The summed E-state index contributed by atoms with van der Waals surface area (Å²) in [6.45, 7) is 2.77. The highest BCUT2D eigenvalue weighted by atomic mass is 19.1. The lowest BCUT2D eigenvalue weighted by atomic mass is 9.90. The fourth-order valence-electron chi connectivity index (χ4n) is 5.11. The van der Waals surface area contributed by atoms with Crippen LogP contribution in [-0.2, 0) is 13.0 Å². The molecule has 0 unspecified atom stereocenters. The molecule has 5 aromatic rings. The maximum Gasteiger partial charge on any atom is 0.137 e. The van der Waals surface area contributed by atoms with Gasteiger partial charge in [0.05, 0.1) is 12.7 Å². The number of halogens is 1. The van der Waals surface area contributed by atoms with E-state index in [-0.39, 0.29) is 5.82 Å². The Morgan fingerprint density at radius 1 is 0.914 bits per heavy atom. The van der Waals surface area contributed by atoms with Crippen molar-refractivity contribution in [3.05, 3.63) is 96.3 Å². The zero-order valence-electron chi connectivity index (χ0n) is 19.5. The normalized spacial score (nSPS) is 14.5. The summed E-state index contributed by atoms with van der Waals surface area (Å²) in [4.78, 5) is 7.99. The van der Waals surface area contributed by atoms with Crippen molar-refractivity contribution in [2.75, 3.05) is 13.1 Å². The van der Waals surface area contributed by atoms with Gasteiger partial charge >= 0.3 is 0 Å². The van der Waals surface area contributed by atoms with Crippen molar-refractivity contribution in [1.29, 1.82) is 0 Å². The van der Waals surface area contributed by atoms with Crippen molar-refractivity contribution < 1.29 is 4.39 Å². The third-order valence-electron chi connectivity index (χ3n) is 6.95. The standard InChI is InChI=1S/C29H28FN5/c30-26-6-2-4-22(13-26)18-35-19-25(16-34-35)28-17-33-29-27(28)14-24(15-32-29)23-5-1-3-21(12-23)11-20-7-9-31-10-8-20/h1-6,12-17,19-20,31H,7-11,18H2,(H,32,33). The largest absolute Gasteiger partial charge is 0.346 e. The van der Waals surface area contributed by atoms with Crippen LogP contribution >= 0.6 is 0 Å². The Morgan fingerprint density at radius 2 is 1.77 bits per heavy atom. The number of pyridine rings is 1. The maximum atomic E-state index is 13.5. The van der Waals surface area contributed by atoms with E-state index < -0.39 is 0 Å². The number of benzene rings is 2. The molecule has 0 amide bonds. The van der Waals surface area contributed by atoms with Gasteiger partial charge in [0, 0.05) is 40.7 Å². The van der Waals surface area contributed by atoms with Crippen LogP contribution in [0.25, 0.3) is 33.3 Å². The van der Waals surface area contributed by atoms with E-state index in [1.807, 2.05) is 35.5 Å². The Kier molecular flexibility index (Phi) is 5.88. The molecule has 6 rings (SSSR count). The predicted octanol–water partition coefficient (Wildman–Crippen LogP) is 5.82. The fourth-order valence-corrected chi connectivity index (χ4v) is 5.11. The van der Waals surface area contributed by atoms with Gasteiger partial charge in [-0.3, -0.25) is 4.68 Å². The average Bonchev–Trinajstić information content (AvgIpc) is 3.51. The molecule has 1 aliphatic heterocycles. The number of nitrogens with zero attached hydrogens (tertiary/aromatic N) is 3. The molecule has 35 heavy (non-hydrogen) atoms. The Balaban J connectivity index is 1.27. The van der Waals surface area contributed by atoms with Crippen LogP contribution in [0.3, 0.4) is 0 Å². The molecule has 176 valence electrons. The molecule has 0 saturated carbocycles. The summed E-state index contributed by atoms with van der Waals surface area (Å²) >= 11 is 0. The van der Waals surface area contributed by atoms with Crippen molar-refractivity contribution in [2.24, 2.45) is 5.92 Å². The first kappa shape index (κ1) is 21.7. The van der Waals surface area contributed by atoms with Crippen LogP contribution in [0.15, 0.2) is 79.4 Å². The highest BCUT2D eigenvalue weighted by Crippen LogP contribution is 2.31. The van der Waals surface area contributed by atoms with Crippen LogP contribution < -0.4 is 5.32 Å². The number of nitrogens with one attached hydrogen (secondary N) is 2. The van der Waals surface area contributed by atoms with Crippen LogP contribution in [0.1, 0.15) is 24.0 Å². The number of hydrogen-bond acceptors (Lipinski definition) is 3. The van der Waals surface area contributed by atoms with E-state index in [2.05, 4.69) is 45.7 Å². The topological polar surface area (TPSA) is 58.5 Å². The van der Waals surface area contributed by atoms with E-state index >= 15 is 0 Å². The van der Waals surface area contributed by atoms with Gasteiger partial charge in [0.15, 0.2) is 0 Å². The molecule has 0 bridgehead atoms. The second kappa shape index (κ2) is 9.47. The third kappa shape index (κ3) is 4.75. The van der Waals surface area contributed by atoms with Gasteiger partial charge in [-0.15, -0.1) is 0 Å². The second-order valence-corrected chi connectivity index (χ2v) is 9.48. The lowest BCUT2D eigenvalue weighted by Gasteiger charge is -2.22. The average molecular weight is 466 g/mol. The SMILES string of the molecule is Fc1cccc(Cn2cc(-c3c[nH]c4ncc(-c5cccc(CC6CCNCC6)c5)cc34)cn2)c1. The molecule has 5 nitrogen and oxygen atoms in total. The maximum absolute atomic E-state index is 13.5. The highest BCUT2D eigenvalue weighted by Gasteiger charge is 2.15. The summed E-state index contributed by atoms with van der Waals surface area (Å²) < 4.78 is 15.4. The fraction of sp³-hybridized carbons (Fsp3) is 0.241. The molecular formula is C29H28FN5. The molecule has 2 aromatic carbocycles. The summed E-state index contributed by atoms with van der Waals surface area (Å²) in [6.07, 6.45) is 11.4. The number of H-pyrrole nitrogens is 1. The highest BCUT2D eigenvalue weighted by molar-refractivity contribution is 5.95. The minimum absolute atomic E-state index is 0.232. The lowest BCUT2D eigenvalue weighted by Crippen LogP contribution is -2.28. The Morgan fingerprint density at radius 3 is 2.66 bits per heavy atom. The van der Waals surface area contributed by atoms with Gasteiger partial charge in [-0.2, -0.15) is 5.10 Å². The molecule has 0 atom stereocenters. The van der Waals surface area contributed by atoms with E-state index in [1.165, 1.54) is 30.0 Å². The summed E-state index contributed by atoms with van der Waals surface area (Å²) in [5.41, 5.74) is 7.50. The number of aromatic amines is 1. The molecule has 2 N–H and O–H groups in total. The molecule has 1 saturated heterocycles. The van der Waals surface area contributed by atoms with Crippen molar-refractivity contribution in [3.8, 4) is 22.3 Å². The van der Waals surface area contributed by atoms with Gasteiger partial charge < -0.3 is 10.3 Å². The quantitative estimate of drug-likeness (QED) is 0.332. The molecule has 1 aliphatic rings. The zero-order valence-corrected chi connectivity index (χ0v) is 19.5. The van der Waals surface area contributed by atoms with Crippen molar-refractivity contribution in [2.45, 2.75) is 25.8 Å². The van der Waals surface area contributed by atoms with Crippen molar-refractivity contribution in [1.82, 2.24) is 25.1 Å². The first-order valence-electron chi connectivity index (χ1n) is 12.3. The molecule has 1 fully saturated rings. The molecule has 3 aromatic heterocycles. The van der Waals surface area contributed by atoms with E-state index in [0.29, 0.717) is 6.54 Å². The monoisotopic (exact) mass is 465 g/mol. The van der Waals surface area contributed by atoms with Crippen LogP contribution in [0, 0.1) is 11.7 Å². The van der Waals surface area contributed by atoms with Gasteiger partial charge in [-0.25, -0.2) is 9.37 Å². The van der Waals surface area contributed by atoms with Gasteiger partial charge in [0.2, 0.25) is 0 Å². The summed E-state index contributed by atoms with van der Waals surface area (Å²) in [6, 6.07) is 17.7. The number of piperidine rings is 1. The molecule has 6 heteroatoms. The smallest absolute Gasteiger partial charge is 0.137 e. The minimum Gasteiger partial charge on any atom is -0.346 e. The summed E-state index contributed by atoms with van der Waals surface area (Å²) in [5, 5.41) is 9.03. The number of hydrogen-bond donors (Lipinski definition) is 2. The van der Waals surface area contributed by atoms with Crippen molar-refractivity contribution in [3.63, 3.8) is 0 Å². The van der Waals surface area contributed by atoms with Crippen molar-refractivity contribution >= 4 is 11.0 Å². The van der Waals surface area contributed by atoms with Gasteiger partial charge in [-0.1, -0.05) is 36.4 Å². The Bertz CT molecular complexity index is 1460. The molecule has 0 radical (unpaired) electrons. The molecule has 4 heterocycles. The summed E-state index contributed by atoms with van der Waals surface area (Å²) in [5.74, 6) is 0.525. The van der Waals surface area contributed by atoms with Gasteiger partial charge in [0.1, 0.15) is 11.5 Å². The predicted molar refractivity (Wildman–Crippen MR) is 138 cm³/mol. The Labute approximate surface area is 204 Å². The van der Waals surface area contributed by atoms with E-state index in [0.717, 1.165) is 58.7 Å². The van der Waals surface area contributed by atoms with Gasteiger partial charge in [0.25, 0.3) is 0 Å². The van der Waals surface area contributed by atoms with Crippen LogP contribution in [-0.4, -0.2) is 32.8 Å². The van der Waals surface area contributed by atoms with Crippen LogP contribution in [0.5, 0.6) is 0 Å². The number of aromatic nitrogens is 4. The molecule has 0 aliphatic carbocycles. The molecule has 0 spiro atoms. The van der Waals surface area contributed by atoms with Crippen LogP contribution in [0.2, 0.25) is 0 Å². The number of rotatable bonds is 6. The third-order valence-corrected chi connectivity index (χ3v) is 6.95. The number of fused-ring (bicyclic) bond motifs is 1.